The van der Waals surface area contributed by atoms with Gasteiger partial charge in [0, 0.05) is 5.56 Å². The molecule has 0 saturated heterocycles. The van der Waals surface area contributed by atoms with Crippen LogP contribution >= 0.6 is 0 Å². The number of nitrogens with zero attached hydrogens (tertiary/aromatic N) is 1. The number of amides is 1. The van der Waals surface area contributed by atoms with Crippen LogP contribution in [0.1, 0.15) is 53.6 Å². The Morgan fingerprint density at radius 3 is 2.35 bits per heavy atom. The number of nitriles is 1. The summed E-state index contributed by atoms with van der Waals surface area (Å²) in [4.78, 5) is 12.3. The summed E-state index contributed by atoms with van der Waals surface area (Å²) in [5, 5.41) is 12.2. The number of carbonyl (C=O) groups is 1. The van der Waals surface area contributed by atoms with Gasteiger partial charge in [0.25, 0.3) is 5.91 Å². The molecule has 3 nitrogen and oxygen atoms in total. The average Bonchev–Trinajstić information content (AvgIpc) is 2.44. The second-order valence-corrected chi connectivity index (χ2v) is 5.85. The maximum absolute atomic E-state index is 12.3. The Morgan fingerprint density at radius 2 is 1.80 bits per heavy atom. The third-order valence-corrected chi connectivity index (χ3v) is 4.03. The molecule has 0 bridgehead atoms. The summed E-state index contributed by atoms with van der Waals surface area (Å²) in [6.07, 6.45) is 5.68. The first-order valence-corrected chi connectivity index (χ1v) is 7.39. The topological polar surface area (TPSA) is 52.9 Å². The molecule has 1 amide bonds. The molecular formula is C17H22N2O. The third kappa shape index (κ3) is 3.60. The molecule has 1 saturated carbocycles. The van der Waals surface area contributed by atoms with Gasteiger partial charge < -0.3 is 5.32 Å². The Morgan fingerprint density at radius 1 is 1.20 bits per heavy atom. The van der Waals surface area contributed by atoms with Gasteiger partial charge in [-0.2, -0.15) is 5.26 Å². The van der Waals surface area contributed by atoms with Crippen LogP contribution in [0, 0.1) is 31.1 Å². The molecule has 0 radical (unpaired) electrons. The van der Waals surface area contributed by atoms with Crippen LogP contribution in [-0.2, 0) is 0 Å². The predicted molar refractivity (Wildman–Crippen MR) is 79.4 cm³/mol. The molecule has 1 aromatic carbocycles. The van der Waals surface area contributed by atoms with E-state index in [1.807, 2.05) is 32.0 Å². The molecule has 1 aliphatic rings. The minimum atomic E-state index is -0.358. The fraction of sp³-hybridized carbons (Fsp3) is 0.529. The molecule has 0 aromatic heterocycles. The molecule has 0 aliphatic heterocycles. The highest BCUT2D eigenvalue weighted by Crippen LogP contribution is 2.26. The van der Waals surface area contributed by atoms with Gasteiger partial charge in [-0.3, -0.25) is 4.79 Å². The lowest BCUT2D eigenvalue weighted by Crippen LogP contribution is -2.40. The third-order valence-electron chi connectivity index (χ3n) is 4.03. The van der Waals surface area contributed by atoms with E-state index in [1.165, 1.54) is 19.3 Å². The molecule has 1 unspecified atom stereocenters. The van der Waals surface area contributed by atoms with E-state index in [9.17, 15) is 10.1 Å². The molecule has 20 heavy (non-hydrogen) atoms. The monoisotopic (exact) mass is 270 g/mol. The summed E-state index contributed by atoms with van der Waals surface area (Å²) in [5.41, 5.74) is 2.79. The summed E-state index contributed by atoms with van der Waals surface area (Å²) in [6, 6.07) is 7.70. The summed E-state index contributed by atoms with van der Waals surface area (Å²) in [6.45, 7) is 3.96. The minimum absolute atomic E-state index is 0.131. The highest BCUT2D eigenvalue weighted by molar-refractivity contribution is 5.95. The largest absolute Gasteiger partial charge is 0.336 e. The number of benzene rings is 1. The second kappa shape index (κ2) is 6.56. The first kappa shape index (κ1) is 14.6. The Bertz CT molecular complexity index is 504. The van der Waals surface area contributed by atoms with Crippen molar-refractivity contribution in [2.45, 2.75) is 52.0 Å². The molecule has 3 heteroatoms. The van der Waals surface area contributed by atoms with Crippen molar-refractivity contribution in [1.82, 2.24) is 5.32 Å². The van der Waals surface area contributed by atoms with E-state index in [4.69, 9.17) is 0 Å². The van der Waals surface area contributed by atoms with Crippen molar-refractivity contribution < 1.29 is 4.79 Å². The van der Waals surface area contributed by atoms with Crippen molar-refractivity contribution in [3.8, 4) is 6.07 Å². The van der Waals surface area contributed by atoms with Crippen LogP contribution in [0.3, 0.4) is 0 Å². The van der Waals surface area contributed by atoms with E-state index in [2.05, 4.69) is 11.4 Å². The maximum atomic E-state index is 12.3. The zero-order valence-electron chi connectivity index (χ0n) is 12.3. The van der Waals surface area contributed by atoms with Crippen molar-refractivity contribution in [2.24, 2.45) is 5.92 Å². The summed E-state index contributed by atoms with van der Waals surface area (Å²) in [7, 11) is 0. The lowest BCUT2D eigenvalue weighted by molar-refractivity contribution is 0.0928. The molecule has 0 heterocycles. The number of hydrogen-bond donors (Lipinski definition) is 1. The van der Waals surface area contributed by atoms with E-state index < -0.39 is 0 Å². The highest BCUT2D eigenvalue weighted by atomic mass is 16.1. The van der Waals surface area contributed by atoms with Crippen LogP contribution in [0.15, 0.2) is 18.2 Å². The molecule has 0 spiro atoms. The van der Waals surface area contributed by atoms with Gasteiger partial charge in [0.2, 0.25) is 0 Å². The van der Waals surface area contributed by atoms with Crippen molar-refractivity contribution in [3.05, 3.63) is 34.9 Å². The van der Waals surface area contributed by atoms with Gasteiger partial charge in [-0.05, 0) is 44.7 Å². The zero-order valence-corrected chi connectivity index (χ0v) is 12.3. The van der Waals surface area contributed by atoms with E-state index >= 15 is 0 Å². The maximum Gasteiger partial charge on any atom is 0.252 e. The first-order chi connectivity index (χ1) is 9.60. The van der Waals surface area contributed by atoms with Gasteiger partial charge in [0.1, 0.15) is 6.04 Å². The van der Waals surface area contributed by atoms with Crippen LogP contribution in [0.2, 0.25) is 0 Å². The van der Waals surface area contributed by atoms with E-state index in [0.29, 0.717) is 11.5 Å². The second-order valence-electron chi connectivity index (χ2n) is 5.85. The normalized spacial score (nSPS) is 17.2. The number of rotatable bonds is 3. The van der Waals surface area contributed by atoms with Crippen LogP contribution in [0.5, 0.6) is 0 Å². The van der Waals surface area contributed by atoms with E-state index in [0.717, 1.165) is 24.0 Å². The van der Waals surface area contributed by atoms with E-state index in [-0.39, 0.29) is 11.9 Å². The average molecular weight is 270 g/mol. The van der Waals surface area contributed by atoms with Crippen molar-refractivity contribution in [1.29, 1.82) is 5.26 Å². The summed E-state index contributed by atoms with van der Waals surface area (Å²) >= 11 is 0. The Hall–Kier alpha value is -1.82. The molecule has 1 N–H and O–H groups in total. The van der Waals surface area contributed by atoms with Gasteiger partial charge in [-0.25, -0.2) is 0 Å². The number of aryl methyl sites for hydroxylation is 2. The lowest BCUT2D eigenvalue weighted by Gasteiger charge is -2.26. The molecular weight excluding hydrogens is 248 g/mol. The first-order valence-electron chi connectivity index (χ1n) is 7.39. The van der Waals surface area contributed by atoms with Crippen LogP contribution in [0.25, 0.3) is 0 Å². The standard InChI is InChI=1S/C17H22N2O/c1-12-8-13(2)10-15(9-12)17(20)19-16(11-18)14-6-4-3-5-7-14/h8-10,14,16H,3-7H2,1-2H3,(H,19,20). The summed E-state index contributed by atoms with van der Waals surface area (Å²) in [5.74, 6) is 0.178. The highest BCUT2D eigenvalue weighted by Gasteiger charge is 2.25. The van der Waals surface area contributed by atoms with Gasteiger partial charge >= 0.3 is 0 Å². The Kier molecular flexibility index (Phi) is 4.79. The molecule has 2 rings (SSSR count). The van der Waals surface area contributed by atoms with Crippen molar-refractivity contribution in [3.63, 3.8) is 0 Å². The van der Waals surface area contributed by atoms with Gasteiger partial charge in [-0.1, -0.05) is 36.5 Å². The predicted octanol–water partition coefficient (Wildman–Crippen LogP) is 3.51. The number of carbonyl (C=O) groups excluding carboxylic acids is 1. The van der Waals surface area contributed by atoms with Crippen LogP contribution in [0.4, 0.5) is 0 Å². The fourth-order valence-electron chi connectivity index (χ4n) is 3.05. The van der Waals surface area contributed by atoms with Gasteiger partial charge in [0.15, 0.2) is 0 Å². The lowest BCUT2D eigenvalue weighted by atomic mass is 9.84. The van der Waals surface area contributed by atoms with Crippen LogP contribution in [-0.4, -0.2) is 11.9 Å². The molecule has 1 aromatic rings. The van der Waals surface area contributed by atoms with Crippen molar-refractivity contribution in [2.75, 3.05) is 0 Å². The fourth-order valence-corrected chi connectivity index (χ4v) is 3.05. The SMILES string of the molecule is Cc1cc(C)cc(C(=O)NC(C#N)C2CCCCC2)c1. The molecule has 1 fully saturated rings. The molecule has 106 valence electrons. The Labute approximate surface area is 121 Å². The van der Waals surface area contributed by atoms with Crippen molar-refractivity contribution >= 4 is 5.91 Å². The molecule has 1 aliphatic carbocycles. The number of nitrogens with one attached hydrogen (secondary N) is 1. The molecule has 1 atom stereocenters. The van der Waals surface area contributed by atoms with Gasteiger partial charge in [0.05, 0.1) is 6.07 Å². The van der Waals surface area contributed by atoms with Gasteiger partial charge in [-0.15, -0.1) is 0 Å². The quantitative estimate of drug-likeness (QED) is 0.913. The smallest absolute Gasteiger partial charge is 0.252 e. The van der Waals surface area contributed by atoms with Crippen LogP contribution < -0.4 is 5.32 Å². The van der Waals surface area contributed by atoms with E-state index in [1.54, 1.807) is 0 Å². The zero-order chi connectivity index (χ0) is 14.5. The minimum Gasteiger partial charge on any atom is -0.336 e. The Balaban J connectivity index is 2.07. The number of hydrogen-bond acceptors (Lipinski definition) is 2. The summed E-state index contributed by atoms with van der Waals surface area (Å²) < 4.78 is 0.